The van der Waals surface area contributed by atoms with Crippen LogP contribution in [0.15, 0.2) is 36.4 Å². The molecule has 0 saturated heterocycles. The average Bonchev–Trinajstić information content (AvgIpc) is 2.60. The van der Waals surface area contributed by atoms with Crippen molar-refractivity contribution < 1.29 is 9.47 Å². The zero-order valence-corrected chi connectivity index (χ0v) is 14.2. The fraction of sp³-hybridized carbons (Fsp3) is 0.400. The highest BCUT2D eigenvalue weighted by atomic mass is 16.5. The molecule has 0 unspecified atom stereocenters. The summed E-state index contributed by atoms with van der Waals surface area (Å²) in [5.74, 6) is 1.64. The van der Waals surface area contributed by atoms with Crippen molar-refractivity contribution in [3.8, 4) is 11.5 Å². The molecule has 2 aromatic carbocycles. The third kappa shape index (κ3) is 3.50. The summed E-state index contributed by atoms with van der Waals surface area (Å²) in [5.41, 5.74) is 5.42. The second-order valence-electron chi connectivity index (χ2n) is 6.19. The molecule has 0 spiro atoms. The van der Waals surface area contributed by atoms with Crippen LogP contribution in [-0.4, -0.2) is 20.8 Å². The number of ether oxygens (including phenoxy) is 2. The molecule has 1 aliphatic heterocycles. The van der Waals surface area contributed by atoms with Gasteiger partial charge in [-0.15, -0.1) is 0 Å². The van der Waals surface area contributed by atoms with Gasteiger partial charge in [-0.3, -0.25) is 0 Å². The van der Waals surface area contributed by atoms with Gasteiger partial charge in [0.05, 0.1) is 14.2 Å². The lowest BCUT2D eigenvalue weighted by Gasteiger charge is -2.28. The highest BCUT2D eigenvalue weighted by Crippen LogP contribution is 2.36. The van der Waals surface area contributed by atoms with Gasteiger partial charge in [-0.25, -0.2) is 0 Å². The van der Waals surface area contributed by atoms with Crippen LogP contribution in [-0.2, 0) is 12.8 Å². The number of fused-ring (bicyclic) bond motifs is 1. The van der Waals surface area contributed by atoms with Crippen molar-refractivity contribution in [1.82, 2.24) is 5.32 Å². The Morgan fingerprint density at radius 2 is 1.74 bits per heavy atom. The van der Waals surface area contributed by atoms with Gasteiger partial charge in [0.2, 0.25) is 0 Å². The SMILES string of the molecule is COc1cc2c(cc1OC)[C@@H](CCc1ccc(C)cc1)NCC2. The number of methoxy groups -OCH3 is 2. The number of hydrogen-bond acceptors (Lipinski definition) is 3. The predicted octanol–water partition coefficient (Wildman–Crippen LogP) is 3.83. The molecule has 0 saturated carbocycles. The zero-order valence-electron chi connectivity index (χ0n) is 14.2. The highest BCUT2D eigenvalue weighted by molar-refractivity contribution is 5.49. The Balaban J connectivity index is 1.79. The van der Waals surface area contributed by atoms with Crippen molar-refractivity contribution in [1.29, 1.82) is 0 Å². The summed E-state index contributed by atoms with van der Waals surface area (Å²) in [4.78, 5) is 0. The van der Waals surface area contributed by atoms with Crippen LogP contribution in [0.4, 0.5) is 0 Å². The van der Waals surface area contributed by atoms with Crippen LogP contribution in [0.25, 0.3) is 0 Å². The number of rotatable bonds is 5. The molecule has 3 rings (SSSR count). The molecule has 23 heavy (non-hydrogen) atoms. The molecular formula is C20H25NO2. The molecule has 1 atom stereocenters. The Morgan fingerprint density at radius 1 is 1.04 bits per heavy atom. The van der Waals surface area contributed by atoms with Gasteiger partial charge in [-0.05, 0) is 61.6 Å². The number of aryl methyl sites for hydroxylation is 2. The minimum atomic E-state index is 0.375. The first-order chi connectivity index (χ1) is 11.2. The van der Waals surface area contributed by atoms with E-state index < -0.39 is 0 Å². The number of nitrogens with one attached hydrogen (secondary N) is 1. The fourth-order valence-electron chi connectivity index (χ4n) is 3.29. The molecule has 0 fully saturated rings. The smallest absolute Gasteiger partial charge is 0.161 e. The Bertz CT molecular complexity index is 664. The van der Waals surface area contributed by atoms with E-state index in [1.807, 2.05) is 0 Å². The van der Waals surface area contributed by atoms with Crippen molar-refractivity contribution in [3.05, 3.63) is 58.7 Å². The van der Waals surface area contributed by atoms with Crippen LogP contribution in [0.1, 0.15) is 34.7 Å². The summed E-state index contributed by atoms with van der Waals surface area (Å²) in [5, 5.41) is 3.65. The van der Waals surface area contributed by atoms with Crippen LogP contribution in [0.5, 0.6) is 11.5 Å². The maximum absolute atomic E-state index is 5.47. The molecule has 2 aromatic rings. The largest absolute Gasteiger partial charge is 0.493 e. The van der Waals surface area contributed by atoms with Crippen molar-refractivity contribution in [3.63, 3.8) is 0 Å². The van der Waals surface area contributed by atoms with Crippen molar-refractivity contribution in [2.24, 2.45) is 0 Å². The van der Waals surface area contributed by atoms with E-state index in [2.05, 4.69) is 48.6 Å². The third-order valence-corrected chi connectivity index (χ3v) is 4.65. The molecule has 0 amide bonds. The lowest BCUT2D eigenvalue weighted by atomic mass is 9.90. The lowest BCUT2D eigenvalue weighted by Crippen LogP contribution is -2.30. The molecule has 3 nitrogen and oxygen atoms in total. The van der Waals surface area contributed by atoms with Gasteiger partial charge in [-0.1, -0.05) is 29.8 Å². The van der Waals surface area contributed by atoms with Crippen LogP contribution in [0, 0.1) is 6.92 Å². The number of benzene rings is 2. The molecule has 1 heterocycles. The fourth-order valence-corrected chi connectivity index (χ4v) is 3.29. The summed E-state index contributed by atoms with van der Waals surface area (Å²) in [7, 11) is 3.39. The molecule has 3 heteroatoms. The Hall–Kier alpha value is -2.00. The van der Waals surface area contributed by atoms with E-state index in [-0.39, 0.29) is 0 Å². The van der Waals surface area contributed by atoms with Crippen molar-refractivity contribution in [2.45, 2.75) is 32.2 Å². The Labute approximate surface area is 138 Å². The summed E-state index contributed by atoms with van der Waals surface area (Å²) in [6.45, 7) is 3.14. The maximum Gasteiger partial charge on any atom is 0.161 e. The van der Waals surface area contributed by atoms with Crippen molar-refractivity contribution >= 4 is 0 Å². The molecule has 1 aliphatic rings. The summed E-state index contributed by atoms with van der Waals surface area (Å²) < 4.78 is 10.9. The molecule has 0 radical (unpaired) electrons. The minimum Gasteiger partial charge on any atom is -0.493 e. The van der Waals surface area contributed by atoms with Gasteiger partial charge in [0, 0.05) is 6.04 Å². The summed E-state index contributed by atoms with van der Waals surface area (Å²) in [6.07, 6.45) is 3.20. The van der Waals surface area contributed by atoms with Gasteiger partial charge in [-0.2, -0.15) is 0 Å². The Kier molecular flexibility index (Phi) is 4.87. The average molecular weight is 311 g/mol. The molecule has 0 aliphatic carbocycles. The zero-order chi connectivity index (χ0) is 16.2. The molecule has 122 valence electrons. The van der Waals surface area contributed by atoms with Gasteiger partial charge >= 0.3 is 0 Å². The molecular weight excluding hydrogens is 286 g/mol. The topological polar surface area (TPSA) is 30.5 Å². The van der Waals surface area contributed by atoms with E-state index in [0.717, 1.165) is 37.3 Å². The maximum atomic E-state index is 5.47. The van der Waals surface area contributed by atoms with E-state index in [1.54, 1.807) is 14.2 Å². The third-order valence-electron chi connectivity index (χ3n) is 4.65. The minimum absolute atomic E-state index is 0.375. The van der Waals surface area contributed by atoms with Crippen LogP contribution in [0.3, 0.4) is 0 Å². The first-order valence-electron chi connectivity index (χ1n) is 8.25. The standard InChI is InChI=1S/C20H25NO2/c1-14-4-6-15(7-5-14)8-9-18-17-13-20(23-3)19(22-2)12-16(17)10-11-21-18/h4-7,12-13,18,21H,8-11H2,1-3H3/t18-/m1/s1. The quantitative estimate of drug-likeness (QED) is 0.910. The van der Waals surface area contributed by atoms with Crippen molar-refractivity contribution in [2.75, 3.05) is 20.8 Å². The lowest BCUT2D eigenvalue weighted by molar-refractivity contribution is 0.351. The molecule has 0 aromatic heterocycles. The van der Waals surface area contributed by atoms with E-state index in [0.29, 0.717) is 6.04 Å². The molecule has 1 N–H and O–H groups in total. The predicted molar refractivity (Wildman–Crippen MR) is 93.5 cm³/mol. The van der Waals surface area contributed by atoms with Gasteiger partial charge in [0.25, 0.3) is 0 Å². The molecule has 0 bridgehead atoms. The van der Waals surface area contributed by atoms with Crippen LogP contribution >= 0.6 is 0 Å². The van der Waals surface area contributed by atoms with Crippen LogP contribution in [0.2, 0.25) is 0 Å². The summed E-state index contributed by atoms with van der Waals surface area (Å²) in [6, 6.07) is 13.5. The van der Waals surface area contributed by atoms with Gasteiger partial charge < -0.3 is 14.8 Å². The Morgan fingerprint density at radius 3 is 2.43 bits per heavy atom. The monoisotopic (exact) mass is 311 g/mol. The van der Waals surface area contributed by atoms with Crippen LogP contribution < -0.4 is 14.8 Å². The van der Waals surface area contributed by atoms with E-state index in [4.69, 9.17) is 9.47 Å². The second-order valence-corrected chi connectivity index (χ2v) is 6.19. The van der Waals surface area contributed by atoms with E-state index >= 15 is 0 Å². The van der Waals surface area contributed by atoms with Gasteiger partial charge in [0.15, 0.2) is 11.5 Å². The van der Waals surface area contributed by atoms with Gasteiger partial charge in [0.1, 0.15) is 0 Å². The summed E-state index contributed by atoms with van der Waals surface area (Å²) >= 11 is 0. The van der Waals surface area contributed by atoms with E-state index in [1.165, 1.54) is 22.3 Å². The first kappa shape index (κ1) is 15.9. The normalized spacial score (nSPS) is 16.7. The second kappa shape index (κ2) is 7.05. The highest BCUT2D eigenvalue weighted by Gasteiger charge is 2.22. The van der Waals surface area contributed by atoms with E-state index in [9.17, 15) is 0 Å². The number of hydrogen-bond donors (Lipinski definition) is 1. The first-order valence-corrected chi connectivity index (χ1v) is 8.25.